The van der Waals surface area contributed by atoms with Crippen LogP contribution in [0.3, 0.4) is 0 Å². The Morgan fingerprint density at radius 2 is 1.40 bits per heavy atom. The summed E-state index contributed by atoms with van der Waals surface area (Å²) in [7, 11) is 0. The molecule has 0 aliphatic carbocycles. The van der Waals surface area contributed by atoms with Crippen LogP contribution in [0.5, 0.6) is 11.5 Å². The average Bonchev–Trinajstić information content (AvgIpc) is 2.77. The molecule has 0 amide bonds. The standard InChI is InChI=1S/C27H36O3/c1-3-5-7-8-9-10-22-29-25-17-12-24(13-18-25)16-21-27(28)30-26-19-14-23(15-20-26)11-6-4-2/h12-21H,3-11,22H2,1-2H3. The molecule has 0 heterocycles. The van der Waals surface area contributed by atoms with Gasteiger partial charge >= 0.3 is 5.97 Å². The number of carbonyl (C=O) groups excluding carboxylic acids is 1. The number of aryl methyl sites for hydroxylation is 1. The lowest BCUT2D eigenvalue weighted by Crippen LogP contribution is -2.03. The van der Waals surface area contributed by atoms with Gasteiger partial charge in [-0.25, -0.2) is 4.79 Å². The SMILES string of the molecule is CCCCCCCCOc1ccc(C=CC(=O)Oc2ccc(CCCC)cc2)cc1. The van der Waals surface area contributed by atoms with Crippen molar-refractivity contribution in [3.63, 3.8) is 0 Å². The maximum Gasteiger partial charge on any atom is 0.336 e. The van der Waals surface area contributed by atoms with Crippen LogP contribution < -0.4 is 9.47 Å². The summed E-state index contributed by atoms with van der Waals surface area (Å²) >= 11 is 0. The predicted octanol–water partition coefficient (Wildman–Crippen LogP) is 7.39. The Morgan fingerprint density at radius 1 is 0.767 bits per heavy atom. The normalized spacial score (nSPS) is 11.0. The molecule has 2 rings (SSSR count). The first-order valence-electron chi connectivity index (χ1n) is 11.4. The van der Waals surface area contributed by atoms with Crippen LogP contribution >= 0.6 is 0 Å². The highest BCUT2D eigenvalue weighted by Gasteiger charge is 2.01. The zero-order valence-electron chi connectivity index (χ0n) is 18.6. The summed E-state index contributed by atoms with van der Waals surface area (Å²) in [6.07, 6.45) is 14.2. The van der Waals surface area contributed by atoms with Crippen LogP contribution in [0, 0.1) is 0 Å². The summed E-state index contributed by atoms with van der Waals surface area (Å²) in [5.41, 5.74) is 2.21. The minimum atomic E-state index is -0.375. The molecule has 0 spiro atoms. The van der Waals surface area contributed by atoms with Gasteiger partial charge in [-0.3, -0.25) is 0 Å². The molecule has 0 aromatic heterocycles. The Bertz CT molecular complexity index is 745. The molecule has 2 aromatic carbocycles. The number of unbranched alkanes of at least 4 members (excludes halogenated alkanes) is 6. The van der Waals surface area contributed by atoms with E-state index in [1.54, 1.807) is 6.08 Å². The van der Waals surface area contributed by atoms with E-state index in [1.807, 2.05) is 48.5 Å². The van der Waals surface area contributed by atoms with E-state index >= 15 is 0 Å². The van der Waals surface area contributed by atoms with Crippen LogP contribution in [0.25, 0.3) is 6.08 Å². The summed E-state index contributed by atoms with van der Waals surface area (Å²) in [6, 6.07) is 15.5. The van der Waals surface area contributed by atoms with Crippen LogP contribution in [0.1, 0.15) is 76.3 Å². The summed E-state index contributed by atoms with van der Waals surface area (Å²) in [5.74, 6) is 1.06. The third-order valence-corrected chi connectivity index (χ3v) is 5.02. The smallest absolute Gasteiger partial charge is 0.336 e. The molecule has 30 heavy (non-hydrogen) atoms. The molecule has 0 aliphatic rings. The summed E-state index contributed by atoms with van der Waals surface area (Å²) in [6.45, 7) is 5.17. The van der Waals surface area contributed by atoms with Crippen LogP contribution in [0.2, 0.25) is 0 Å². The van der Waals surface area contributed by atoms with Gasteiger partial charge in [-0.15, -0.1) is 0 Å². The van der Waals surface area contributed by atoms with E-state index in [0.717, 1.165) is 30.8 Å². The number of ether oxygens (including phenoxy) is 2. The number of rotatable bonds is 14. The van der Waals surface area contributed by atoms with Gasteiger partial charge in [0, 0.05) is 6.08 Å². The second kappa shape index (κ2) is 14.4. The third-order valence-electron chi connectivity index (χ3n) is 5.02. The maximum atomic E-state index is 12.0. The molecule has 0 N–H and O–H groups in total. The van der Waals surface area contributed by atoms with E-state index in [0.29, 0.717) is 5.75 Å². The van der Waals surface area contributed by atoms with Crippen molar-refractivity contribution in [2.45, 2.75) is 71.6 Å². The van der Waals surface area contributed by atoms with E-state index in [9.17, 15) is 4.79 Å². The number of hydrogen-bond acceptors (Lipinski definition) is 3. The van der Waals surface area contributed by atoms with Crippen molar-refractivity contribution in [1.29, 1.82) is 0 Å². The first kappa shape index (κ1) is 23.7. The molecular weight excluding hydrogens is 372 g/mol. The molecule has 0 aliphatic heterocycles. The highest BCUT2D eigenvalue weighted by Crippen LogP contribution is 2.16. The van der Waals surface area contributed by atoms with Crippen LogP contribution in [-0.4, -0.2) is 12.6 Å². The monoisotopic (exact) mass is 408 g/mol. The first-order valence-corrected chi connectivity index (χ1v) is 11.4. The molecule has 0 unspecified atom stereocenters. The molecule has 0 saturated heterocycles. The molecule has 0 bridgehead atoms. The van der Waals surface area contributed by atoms with Gasteiger partial charge in [-0.2, -0.15) is 0 Å². The molecule has 162 valence electrons. The maximum absolute atomic E-state index is 12.0. The van der Waals surface area contributed by atoms with Gasteiger partial charge in [0.15, 0.2) is 0 Å². The molecule has 0 saturated carbocycles. The lowest BCUT2D eigenvalue weighted by molar-refractivity contribution is -0.128. The Labute approximate surface area is 182 Å². The Hall–Kier alpha value is -2.55. The van der Waals surface area contributed by atoms with Gasteiger partial charge in [0.05, 0.1) is 6.61 Å². The van der Waals surface area contributed by atoms with Crippen molar-refractivity contribution in [3.8, 4) is 11.5 Å². The number of esters is 1. The minimum Gasteiger partial charge on any atom is -0.494 e. The zero-order chi connectivity index (χ0) is 21.4. The van der Waals surface area contributed by atoms with Gasteiger partial charge in [-0.1, -0.05) is 76.6 Å². The quantitative estimate of drug-likeness (QED) is 0.141. The van der Waals surface area contributed by atoms with Crippen LogP contribution in [0.4, 0.5) is 0 Å². The Kier molecular flexibility index (Phi) is 11.4. The van der Waals surface area contributed by atoms with Gasteiger partial charge in [0.2, 0.25) is 0 Å². The van der Waals surface area contributed by atoms with E-state index in [2.05, 4.69) is 13.8 Å². The fraction of sp³-hybridized carbons (Fsp3) is 0.444. The van der Waals surface area contributed by atoms with Gasteiger partial charge in [-0.05, 0) is 60.7 Å². The molecule has 0 fully saturated rings. The third kappa shape index (κ3) is 9.78. The molecule has 0 atom stereocenters. The van der Waals surface area contributed by atoms with Crippen molar-refractivity contribution in [3.05, 3.63) is 65.7 Å². The van der Waals surface area contributed by atoms with Gasteiger partial charge in [0.1, 0.15) is 11.5 Å². The summed E-state index contributed by atoms with van der Waals surface area (Å²) in [5, 5.41) is 0. The molecular formula is C27H36O3. The van der Waals surface area contributed by atoms with Crippen molar-refractivity contribution in [1.82, 2.24) is 0 Å². The van der Waals surface area contributed by atoms with Crippen molar-refractivity contribution in [2.75, 3.05) is 6.61 Å². The lowest BCUT2D eigenvalue weighted by atomic mass is 10.1. The molecule has 0 radical (unpaired) electrons. The van der Waals surface area contributed by atoms with Gasteiger partial charge in [0.25, 0.3) is 0 Å². The predicted molar refractivity (Wildman–Crippen MR) is 125 cm³/mol. The van der Waals surface area contributed by atoms with E-state index in [-0.39, 0.29) is 5.97 Å². The highest BCUT2D eigenvalue weighted by molar-refractivity contribution is 5.88. The zero-order valence-corrected chi connectivity index (χ0v) is 18.6. The second-order valence-electron chi connectivity index (χ2n) is 7.69. The van der Waals surface area contributed by atoms with E-state index in [4.69, 9.17) is 9.47 Å². The first-order chi connectivity index (χ1) is 14.7. The van der Waals surface area contributed by atoms with Crippen LogP contribution in [-0.2, 0) is 11.2 Å². The van der Waals surface area contributed by atoms with E-state index < -0.39 is 0 Å². The van der Waals surface area contributed by atoms with Crippen molar-refractivity contribution in [2.24, 2.45) is 0 Å². The van der Waals surface area contributed by atoms with Crippen molar-refractivity contribution < 1.29 is 14.3 Å². The topological polar surface area (TPSA) is 35.5 Å². The largest absolute Gasteiger partial charge is 0.494 e. The average molecular weight is 409 g/mol. The highest BCUT2D eigenvalue weighted by atomic mass is 16.5. The fourth-order valence-electron chi connectivity index (χ4n) is 3.17. The van der Waals surface area contributed by atoms with E-state index in [1.165, 1.54) is 56.6 Å². The Balaban J connectivity index is 1.70. The van der Waals surface area contributed by atoms with Crippen molar-refractivity contribution >= 4 is 12.0 Å². The number of carbonyl (C=O) groups is 1. The molecule has 3 heteroatoms. The Morgan fingerprint density at radius 3 is 2.10 bits per heavy atom. The second-order valence-corrected chi connectivity index (χ2v) is 7.69. The lowest BCUT2D eigenvalue weighted by Gasteiger charge is -2.06. The minimum absolute atomic E-state index is 0.375. The summed E-state index contributed by atoms with van der Waals surface area (Å²) in [4.78, 5) is 12.0. The number of hydrogen-bond donors (Lipinski definition) is 0. The van der Waals surface area contributed by atoms with Crippen LogP contribution in [0.15, 0.2) is 54.6 Å². The molecule has 3 nitrogen and oxygen atoms in total. The van der Waals surface area contributed by atoms with Gasteiger partial charge < -0.3 is 9.47 Å². The number of benzene rings is 2. The molecule has 2 aromatic rings. The summed E-state index contributed by atoms with van der Waals surface area (Å²) < 4.78 is 11.2. The fourth-order valence-corrected chi connectivity index (χ4v) is 3.17.